The summed E-state index contributed by atoms with van der Waals surface area (Å²) in [6.45, 7) is 6.71. The van der Waals surface area contributed by atoms with Gasteiger partial charge in [-0.25, -0.2) is 19.7 Å². The third-order valence-electron chi connectivity index (χ3n) is 5.19. The highest BCUT2D eigenvalue weighted by atomic mass is 16.1. The number of imidazole rings is 1. The van der Waals surface area contributed by atoms with Gasteiger partial charge in [0.1, 0.15) is 12.1 Å². The molecule has 0 bridgehead atoms. The smallest absolute Gasteiger partial charge is 0.327 e. The molecule has 1 aliphatic heterocycles. The summed E-state index contributed by atoms with van der Waals surface area (Å²) < 4.78 is 1.77. The fraction of sp³-hybridized carbons (Fsp3) is 0.444. The van der Waals surface area contributed by atoms with Crippen molar-refractivity contribution in [1.29, 1.82) is 0 Å². The summed E-state index contributed by atoms with van der Waals surface area (Å²) in [5.74, 6) is 1.51. The number of piperidine rings is 1. The van der Waals surface area contributed by atoms with Gasteiger partial charge in [-0.15, -0.1) is 0 Å². The van der Waals surface area contributed by atoms with Crippen molar-refractivity contribution in [3.8, 4) is 0 Å². The molecule has 0 aromatic carbocycles. The lowest BCUT2D eigenvalue weighted by Gasteiger charge is -2.33. The van der Waals surface area contributed by atoms with Crippen molar-refractivity contribution in [3.05, 3.63) is 46.4 Å². The predicted octanol–water partition coefficient (Wildman–Crippen LogP) is 2.05. The van der Waals surface area contributed by atoms with Gasteiger partial charge in [0, 0.05) is 37.1 Å². The fourth-order valence-corrected chi connectivity index (χ4v) is 3.59. The van der Waals surface area contributed by atoms with E-state index in [0.717, 1.165) is 54.2 Å². The third kappa shape index (κ3) is 2.90. The topological polar surface area (TPSA) is 79.7 Å². The minimum absolute atomic E-state index is 0.0709. The Labute approximate surface area is 145 Å². The average molecular weight is 338 g/mol. The Kier molecular flexibility index (Phi) is 3.99. The van der Waals surface area contributed by atoms with Crippen molar-refractivity contribution in [1.82, 2.24) is 24.5 Å². The van der Waals surface area contributed by atoms with Crippen LogP contribution >= 0.6 is 0 Å². The highest BCUT2D eigenvalue weighted by molar-refractivity contribution is 5.69. The summed E-state index contributed by atoms with van der Waals surface area (Å²) in [5.41, 5.74) is 3.66. The van der Waals surface area contributed by atoms with E-state index < -0.39 is 0 Å². The van der Waals surface area contributed by atoms with Crippen LogP contribution in [0, 0.1) is 19.8 Å². The Morgan fingerprint density at radius 1 is 1.20 bits per heavy atom. The molecule has 0 aliphatic carbocycles. The summed E-state index contributed by atoms with van der Waals surface area (Å²) in [6, 6.07) is 3.73. The van der Waals surface area contributed by atoms with Crippen LogP contribution in [-0.4, -0.2) is 37.6 Å². The van der Waals surface area contributed by atoms with Crippen molar-refractivity contribution < 1.29 is 0 Å². The van der Waals surface area contributed by atoms with Crippen LogP contribution in [0.15, 0.2) is 29.5 Å². The lowest BCUT2D eigenvalue weighted by molar-refractivity contribution is 0.355. The lowest BCUT2D eigenvalue weighted by Crippen LogP contribution is -2.37. The summed E-state index contributed by atoms with van der Waals surface area (Å²) in [6.07, 6.45) is 5.44. The first-order valence-electron chi connectivity index (χ1n) is 8.70. The second-order valence-electron chi connectivity index (χ2n) is 6.75. The molecule has 0 unspecified atom stereocenters. The number of rotatable bonds is 3. The number of aromatic amines is 1. The molecule has 1 fully saturated rings. The van der Waals surface area contributed by atoms with Crippen molar-refractivity contribution >= 4 is 17.0 Å². The molecule has 0 saturated carbocycles. The average Bonchev–Trinajstić information content (AvgIpc) is 2.94. The number of hydrogen-bond donors (Lipinski definition) is 1. The first kappa shape index (κ1) is 15.8. The van der Waals surface area contributed by atoms with E-state index in [0.29, 0.717) is 12.5 Å². The molecule has 0 atom stereocenters. The Morgan fingerprint density at radius 3 is 2.80 bits per heavy atom. The van der Waals surface area contributed by atoms with Crippen LogP contribution in [0.25, 0.3) is 11.2 Å². The molecule has 3 aromatic rings. The van der Waals surface area contributed by atoms with Crippen LogP contribution < -0.4 is 10.6 Å². The van der Waals surface area contributed by atoms with Crippen molar-refractivity contribution in [2.75, 3.05) is 18.0 Å². The summed E-state index contributed by atoms with van der Waals surface area (Å²) in [7, 11) is 0. The van der Waals surface area contributed by atoms with Gasteiger partial charge in [0.2, 0.25) is 0 Å². The van der Waals surface area contributed by atoms with E-state index in [1.165, 1.54) is 0 Å². The first-order chi connectivity index (χ1) is 12.1. The summed E-state index contributed by atoms with van der Waals surface area (Å²) >= 11 is 0. The van der Waals surface area contributed by atoms with Gasteiger partial charge in [-0.1, -0.05) is 0 Å². The van der Waals surface area contributed by atoms with Gasteiger partial charge in [0.15, 0.2) is 5.65 Å². The zero-order valence-electron chi connectivity index (χ0n) is 14.6. The van der Waals surface area contributed by atoms with Gasteiger partial charge in [-0.3, -0.25) is 4.57 Å². The van der Waals surface area contributed by atoms with E-state index in [4.69, 9.17) is 0 Å². The SMILES string of the molecule is Cc1ncnc(N2CCC(Cn3c(=O)[nH]c4cccnc43)CC2)c1C. The minimum atomic E-state index is -0.0709. The second kappa shape index (κ2) is 6.31. The molecule has 0 amide bonds. The van der Waals surface area contributed by atoms with Crippen molar-refractivity contribution in [2.45, 2.75) is 33.2 Å². The maximum absolute atomic E-state index is 12.2. The molecular formula is C18H22N6O. The van der Waals surface area contributed by atoms with Gasteiger partial charge in [-0.2, -0.15) is 0 Å². The molecule has 130 valence electrons. The maximum atomic E-state index is 12.2. The number of aromatic nitrogens is 5. The molecule has 1 saturated heterocycles. The highest BCUT2D eigenvalue weighted by Gasteiger charge is 2.23. The number of H-pyrrole nitrogens is 1. The van der Waals surface area contributed by atoms with E-state index >= 15 is 0 Å². The molecule has 25 heavy (non-hydrogen) atoms. The zero-order valence-corrected chi connectivity index (χ0v) is 14.6. The molecule has 1 N–H and O–H groups in total. The minimum Gasteiger partial charge on any atom is -0.356 e. The molecule has 7 nitrogen and oxygen atoms in total. The van der Waals surface area contributed by atoms with E-state index in [9.17, 15) is 4.79 Å². The zero-order chi connectivity index (χ0) is 17.4. The molecule has 0 spiro atoms. The lowest BCUT2D eigenvalue weighted by atomic mass is 9.96. The standard InChI is InChI=1S/C18H22N6O/c1-12-13(2)20-11-21-16(12)23-8-5-14(6-9-23)10-24-17-15(22-18(24)25)4-3-7-19-17/h3-4,7,11,14H,5-6,8-10H2,1-2H3,(H,22,25). The van der Waals surface area contributed by atoms with Gasteiger partial charge < -0.3 is 9.88 Å². The predicted molar refractivity (Wildman–Crippen MR) is 96.8 cm³/mol. The number of anilines is 1. The normalized spacial score (nSPS) is 15.8. The summed E-state index contributed by atoms with van der Waals surface area (Å²) in [4.78, 5) is 30.5. The van der Waals surface area contributed by atoms with Crippen molar-refractivity contribution in [2.24, 2.45) is 5.92 Å². The van der Waals surface area contributed by atoms with Crippen LogP contribution in [0.1, 0.15) is 24.1 Å². The van der Waals surface area contributed by atoms with Gasteiger partial charge >= 0.3 is 5.69 Å². The van der Waals surface area contributed by atoms with E-state index in [-0.39, 0.29) is 5.69 Å². The highest BCUT2D eigenvalue weighted by Crippen LogP contribution is 2.26. The Hall–Kier alpha value is -2.70. The molecule has 1 aliphatic rings. The molecule has 4 rings (SSSR count). The quantitative estimate of drug-likeness (QED) is 0.790. The van der Waals surface area contributed by atoms with Gasteiger partial charge in [-0.05, 0) is 44.7 Å². The monoisotopic (exact) mass is 338 g/mol. The molecule has 4 heterocycles. The van der Waals surface area contributed by atoms with E-state index in [1.54, 1.807) is 17.1 Å². The Balaban J connectivity index is 1.48. The van der Waals surface area contributed by atoms with Crippen LogP contribution in [0.4, 0.5) is 5.82 Å². The number of fused-ring (bicyclic) bond motifs is 1. The number of nitrogens with zero attached hydrogens (tertiary/aromatic N) is 5. The fourth-order valence-electron chi connectivity index (χ4n) is 3.59. The van der Waals surface area contributed by atoms with Gasteiger partial charge in [0.05, 0.1) is 5.52 Å². The van der Waals surface area contributed by atoms with Crippen LogP contribution in [0.2, 0.25) is 0 Å². The number of hydrogen-bond acceptors (Lipinski definition) is 5. The van der Waals surface area contributed by atoms with Crippen LogP contribution in [0.3, 0.4) is 0 Å². The van der Waals surface area contributed by atoms with Crippen LogP contribution in [0.5, 0.6) is 0 Å². The van der Waals surface area contributed by atoms with Crippen molar-refractivity contribution in [3.63, 3.8) is 0 Å². The molecule has 0 radical (unpaired) electrons. The Bertz CT molecular complexity index is 952. The Morgan fingerprint density at radius 2 is 2.00 bits per heavy atom. The van der Waals surface area contributed by atoms with Crippen LogP contribution in [-0.2, 0) is 6.54 Å². The van der Waals surface area contributed by atoms with Gasteiger partial charge in [0.25, 0.3) is 0 Å². The third-order valence-corrected chi connectivity index (χ3v) is 5.19. The molecular weight excluding hydrogens is 316 g/mol. The van der Waals surface area contributed by atoms with E-state index in [1.807, 2.05) is 19.1 Å². The summed E-state index contributed by atoms with van der Waals surface area (Å²) in [5, 5.41) is 0. The molecule has 3 aromatic heterocycles. The number of aryl methyl sites for hydroxylation is 1. The molecule has 7 heteroatoms. The first-order valence-corrected chi connectivity index (χ1v) is 8.70. The van der Waals surface area contributed by atoms with E-state index in [2.05, 4.69) is 31.8 Å². The number of nitrogens with one attached hydrogen (secondary N) is 1. The maximum Gasteiger partial charge on any atom is 0.327 e. The largest absolute Gasteiger partial charge is 0.356 e. The number of pyridine rings is 1. The second-order valence-corrected chi connectivity index (χ2v) is 6.75.